The molecule has 13 heavy (non-hydrogen) atoms. The zero-order valence-electron chi connectivity index (χ0n) is 6.60. The summed E-state index contributed by atoms with van der Waals surface area (Å²) in [5.41, 5.74) is 0.419. The van der Waals surface area contributed by atoms with Crippen LogP contribution >= 0.6 is 0 Å². The van der Waals surface area contributed by atoms with Gasteiger partial charge in [-0.2, -0.15) is 0 Å². The number of hydrogen-bond donors (Lipinski definition) is 4. The van der Waals surface area contributed by atoms with Gasteiger partial charge in [0, 0.05) is 5.56 Å². The summed E-state index contributed by atoms with van der Waals surface area (Å²) in [6.45, 7) is 0. The Bertz CT molecular complexity index is 395. The van der Waals surface area contributed by atoms with Crippen LogP contribution in [0.2, 0.25) is 0 Å². The van der Waals surface area contributed by atoms with Crippen LogP contribution in [0.4, 0.5) is 0 Å². The first-order valence-corrected chi connectivity index (χ1v) is 3.75. The Hall–Kier alpha value is -1.68. The number of aromatic hydroxyl groups is 1. The summed E-state index contributed by atoms with van der Waals surface area (Å²) in [7, 11) is 0. The Labute approximate surface area is 74.0 Å². The van der Waals surface area contributed by atoms with E-state index in [1.807, 2.05) is 0 Å². The van der Waals surface area contributed by atoms with Crippen LogP contribution in [0.1, 0.15) is 17.2 Å². The van der Waals surface area contributed by atoms with Crippen molar-refractivity contribution in [3.8, 4) is 5.75 Å². The number of hydrogen-bond acceptors (Lipinski definition) is 4. The van der Waals surface area contributed by atoms with Gasteiger partial charge >= 0.3 is 0 Å². The van der Waals surface area contributed by atoms with Crippen LogP contribution in [0.15, 0.2) is 24.0 Å². The van der Waals surface area contributed by atoms with E-state index in [4.69, 9.17) is 0 Å². The van der Waals surface area contributed by atoms with Crippen molar-refractivity contribution in [2.24, 2.45) is 0 Å². The molecule has 0 fully saturated rings. The van der Waals surface area contributed by atoms with E-state index < -0.39 is 17.6 Å². The highest BCUT2D eigenvalue weighted by Gasteiger charge is 2.31. The van der Waals surface area contributed by atoms with E-state index in [0.29, 0.717) is 5.56 Å². The van der Waals surface area contributed by atoms with E-state index in [2.05, 4.69) is 0 Å². The maximum Gasteiger partial charge on any atom is 0.168 e. The quantitative estimate of drug-likeness (QED) is 0.484. The lowest BCUT2D eigenvalue weighted by molar-refractivity contribution is 0.158. The molecule has 0 saturated carbocycles. The lowest BCUT2D eigenvalue weighted by Crippen LogP contribution is -1.95. The third-order valence-electron chi connectivity index (χ3n) is 2.11. The van der Waals surface area contributed by atoms with Gasteiger partial charge in [0.1, 0.15) is 11.9 Å². The van der Waals surface area contributed by atoms with Crippen molar-refractivity contribution in [2.45, 2.75) is 6.10 Å². The number of aliphatic hydroxyl groups is 3. The molecule has 4 N–H and O–H groups in total. The lowest BCUT2D eigenvalue weighted by Gasteiger charge is -2.04. The van der Waals surface area contributed by atoms with Crippen molar-refractivity contribution in [1.29, 1.82) is 0 Å². The Kier molecular flexibility index (Phi) is 1.47. The molecule has 1 aromatic carbocycles. The highest BCUT2D eigenvalue weighted by atomic mass is 16.3. The predicted octanol–water partition coefficient (Wildman–Crippen LogP) is 1.22. The van der Waals surface area contributed by atoms with Crippen LogP contribution in [0.3, 0.4) is 0 Å². The third kappa shape index (κ3) is 0.891. The monoisotopic (exact) mass is 180 g/mol. The van der Waals surface area contributed by atoms with Gasteiger partial charge < -0.3 is 20.4 Å². The summed E-state index contributed by atoms with van der Waals surface area (Å²) in [5, 5.41) is 37.2. The molecular formula is C9H8O4. The molecule has 1 aliphatic rings. The molecular weight excluding hydrogens is 172 g/mol. The second-order valence-electron chi connectivity index (χ2n) is 2.88. The summed E-state index contributed by atoms with van der Waals surface area (Å²) in [6, 6.07) is 4.43. The zero-order valence-corrected chi connectivity index (χ0v) is 6.60. The molecule has 2 rings (SSSR count). The van der Waals surface area contributed by atoms with Crippen molar-refractivity contribution >= 4 is 5.76 Å². The van der Waals surface area contributed by atoms with E-state index in [-0.39, 0.29) is 11.3 Å². The fourth-order valence-corrected chi connectivity index (χ4v) is 1.45. The van der Waals surface area contributed by atoms with Gasteiger partial charge in [0.2, 0.25) is 0 Å². The molecule has 0 spiro atoms. The second-order valence-corrected chi connectivity index (χ2v) is 2.88. The number of aliphatic hydroxyl groups excluding tert-OH is 3. The van der Waals surface area contributed by atoms with E-state index in [9.17, 15) is 20.4 Å². The van der Waals surface area contributed by atoms with Crippen molar-refractivity contribution in [3.63, 3.8) is 0 Å². The molecule has 68 valence electrons. The summed E-state index contributed by atoms with van der Waals surface area (Å²) < 4.78 is 0. The molecule has 0 bridgehead atoms. The first-order chi connectivity index (χ1) is 6.13. The smallest absolute Gasteiger partial charge is 0.168 e. The number of benzene rings is 1. The summed E-state index contributed by atoms with van der Waals surface area (Å²) in [4.78, 5) is 0. The Morgan fingerprint density at radius 2 is 1.77 bits per heavy atom. The number of phenolic OH excluding ortho intramolecular Hbond substituents is 1. The van der Waals surface area contributed by atoms with Gasteiger partial charge in [-0.15, -0.1) is 0 Å². The van der Waals surface area contributed by atoms with Crippen LogP contribution in [0, 0.1) is 0 Å². The second kappa shape index (κ2) is 2.40. The molecule has 0 aromatic heterocycles. The van der Waals surface area contributed by atoms with Crippen LogP contribution in [-0.4, -0.2) is 20.4 Å². The van der Waals surface area contributed by atoms with Gasteiger partial charge in [-0.3, -0.25) is 0 Å². The fourth-order valence-electron chi connectivity index (χ4n) is 1.45. The van der Waals surface area contributed by atoms with Gasteiger partial charge in [-0.05, 0) is 6.07 Å². The normalized spacial score (nSPS) is 20.5. The molecule has 0 saturated heterocycles. The fraction of sp³-hybridized carbons (Fsp3) is 0.111. The Morgan fingerprint density at radius 1 is 1.08 bits per heavy atom. The van der Waals surface area contributed by atoms with Crippen molar-refractivity contribution in [1.82, 2.24) is 0 Å². The maximum atomic E-state index is 9.37. The van der Waals surface area contributed by atoms with Gasteiger partial charge in [0.05, 0.1) is 5.56 Å². The molecule has 1 unspecified atom stereocenters. The molecule has 1 aromatic rings. The lowest BCUT2D eigenvalue weighted by atomic mass is 10.1. The molecule has 4 nitrogen and oxygen atoms in total. The number of fused-ring (bicyclic) bond motifs is 1. The minimum atomic E-state index is -1.23. The van der Waals surface area contributed by atoms with Crippen LogP contribution < -0.4 is 0 Å². The molecule has 0 amide bonds. The van der Waals surface area contributed by atoms with Crippen molar-refractivity contribution < 1.29 is 20.4 Å². The Morgan fingerprint density at radius 3 is 2.38 bits per heavy atom. The van der Waals surface area contributed by atoms with E-state index in [1.165, 1.54) is 18.2 Å². The average Bonchev–Trinajstić information content (AvgIpc) is 2.33. The largest absolute Gasteiger partial charge is 0.507 e. The van der Waals surface area contributed by atoms with Crippen molar-refractivity contribution in [2.75, 3.05) is 0 Å². The van der Waals surface area contributed by atoms with Crippen LogP contribution in [0.25, 0.3) is 5.76 Å². The highest BCUT2D eigenvalue weighted by Crippen LogP contribution is 2.41. The summed E-state index contributed by atoms with van der Waals surface area (Å²) in [5.74, 6) is -1.13. The molecule has 0 heterocycles. The molecule has 1 atom stereocenters. The average molecular weight is 180 g/mol. The maximum absolute atomic E-state index is 9.37. The molecule has 1 aliphatic carbocycles. The molecule has 0 radical (unpaired) electrons. The van der Waals surface area contributed by atoms with Gasteiger partial charge in [-0.25, -0.2) is 0 Å². The van der Waals surface area contributed by atoms with E-state index in [0.717, 1.165) is 0 Å². The molecule has 4 heteroatoms. The Balaban J connectivity index is 2.72. The van der Waals surface area contributed by atoms with E-state index in [1.54, 1.807) is 0 Å². The minimum absolute atomic E-state index is 0.104. The number of rotatable bonds is 0. The van der Waals surface area contributed by atoms with E-state index >= 15 is 0 Å². The minimum Gasteiger partial charge on any atom is -0.507 e. The molecule has 0 aliphatic heterocycles. The first kappa shape index (κ1) is 7.94. The van der Waals surface area contributed by atoms with Crippen LogP contribution in [-0.2, 0) is 0 Å². The SMILES string of the molecule is OC1=C(O)C(O)c2cccc(O)c21. The summed E-state index contributed by atoms with van der Waals surface area (Å²) in [6.07, 6.45) is -1.23. The zero-order chi connectivity index (χ0) is 9.59. The first-order valence-electron chi connectivity index (χ1n) is 3.75. The van der Waals surface area contributed by atoms with Gasteiger partial charge in [0.15, 0.2) is 11.5 Å². The third-order valence-corrected chi connectivity index (χ3v) is 2.11. The highest BCUT2D eigenvalue weighted by molar-refractivity contribution is 5.74. The number of phenols is 1. The van der Waals surface area contributed by atoms with Gasteiger partial charge in [0.25, 0.3) is 0 Å². The van der Waals surface area contributed by atoms with Crippen LogP contribution in [0.5, 0.6) is 5.75 Å². The topological polar surface area (TPSA) is 80.9 Å². The predicted molar refractivity (Wildman–Crippen MR) is 45.2 cm³/mol. The van der Waals surface area contributed by atoms with Crippen molar-refractivity contribution in [3.05, 3.63) is 35.1 Å². The van der Waals surface area contributed by atoms with Gasteiger partial charge in [-0.1, -0.05) is 12.1 Å². The summed E-state index contributed by atoms with van der Waals surface area (Å²) >= 11 is 0. The standard InChI is InChI=1S/C9H8O4/c10-5-3-1-2-4-6(5)8(12)9(13)7(4)11/h1-3,7,10-13H.